The van der Waals surface area contributed by atoms with E-state index in [1.54, 1.807) is 18.2 Å². The van der Waals surface area contributed by atoms with Crippen LogP contribution >= 0.6 is 0 Å². The Bertz CT molecular complexity index is 543. The summed E-state index contributed by atoms with van der Waals surface area (Å²) in [4.78, 5) is 11.7. The van der Waals surface area contributed by atoms with Gasteiger partial charge in [0.25, 0.3) is 0 Å². The van der Waals surface area contributed by atoms with Crippen molar-refractivity contribution in [3.63, 3.8) is 0 Å². The molecule has 1 aromatic carbocycles. The summed E-state index contributed by atoms with van der Waals surface area (Å²) in [6, 6.07) is 5.26. The van der Waals surface area contributed by atoms with E-state index in [1.807, 2.05) is 6.92 Å². The number of hydrogen-bond acceptors (Lipinski definition) is 5. The van der Waals surface area contributed by atoms with Gasteiger partial charge in [-0.25, -0.2) is 0 Å². The minimum Gasteiger partial charge on any atom is -0.491 e. The van der Waals surface area contributed by atoms with Crippen LogP contribution in [0.15, 0.2) is 18.2 Å². The molecular formula is C15H19NO5. The Hall–Kier alpha value is -1.95. The third-order valence-electron chi connectivity index (χ3n) is 3.96. The largest absolute Gasteiger partial charge is 0.491 e. The van der Waals surface area contributed by atoms with Crippen molar-refractivity contribution in [2.24, 2.45) is 5.92 Å². The van der Waals surface area contributed by atoms with Crippen LogP contribution in [0.25, 0.3) is 0 Å². The first kappa shape index (κ1) is 14.0. The number of ether oxygens (including phenoxy) is 3. The lowest BCUT2D eigenvalue weighted by atomic mass is 9.94. The van der Waals surface area contributed by atoms with E-state index in [2.05, 4.69) is 5.32 Å². The van der Waals surface area contributed by atoms with Crippen molar-refractivity contribution in [2.75, 3.05) is 19.9 Å². The summed E-state index contributed by atoms with van der Waals surface area (Å²) in [5, 5.41) is 12.7. The number of nitrogens with one attached hydrogen (secondary N) is 1. The van der Waals surface area contributed by atoms with Gasteiger partial charge in [0.15, 0.2) is 17.0 Å². The normalized spacial score (nSPS) is 19.1. The summed E-state index contributed by atoms with van der Waals surface area (Å²) in [5.74, 6) is 1.17. The van der Waals surface area contributed by atoms with Crippen molar-refractivity contribution in [3.05, 3.63) is 18.2 Å². The highest BCUT2D eigenvalue weighted by molar-refractivity contribution is 5.80. The second-order valence-corrected chi connectivity index (χ2v) is 5.38. The Morgan fingerprint density at radius 1 is 1.43 bits per heavy atom. The number of carboxylic acids is 1. The molecule has 0 amide bonds. The van der Waals surface area contributed by atoms with Gasteiger partial charge < -0.3 is 19.3 Å². The van der Waals surface area contributed by atoms with Gasteiger partial charge >= 0.3 is 5.97 Å². The number of carboxylic acid groups (broad SMARTS) is 1. The second kappa shape index (κ2) is 5.44. The first-order valence-corrected chi connectivity index (χ1v) is 7.16. The molecular weight excluding hydrogens is 274 g/mol. The van der Waals surface area contributed by atoms with E-state index >= 15 is 0 Å². The third kappa shape index (κ3) is 2.63. The van der Waals surface area contributed by atoms with Crippen LogP contribution in [0, 0.1) is 5.92 Å². The van der Waals surface area contributed by atoms with Gasteiger partial charge in [-0.1, -0.05) is 6.92 Å². The maximum Gasteiger partial charge on any atom is 0.327 e. The molecule has 1 heterocycles. The lowest BCUT2D eigenvalue weighted by molar-refractivity contribution is -0.147. The van der Waals surface area contributed by atoms with Gasteiger partial charge in [-0.05, 0) is 37.4 Å². The summed E-state index contributed by atoms with van der Waals surface area (Å²) in [5.41, 5.74) is -1.01. The van der Waals surface area contributed by atoms with Crippen molar-refractivity contribution in [1.82, 2.24) is 5.32 Å². The average Bonchev–Trinajstić information content (AvgIpc) is 3.21. The molecule has 1 aliphatic carbocycles. The molecule has 21 heavy (non-hydrogen) atoms. The van der Waals surface area contributed by atoms with Gasteiger partial charge in [0, 0.05) is 6.07 Å². The van der Waals surface area contributed by atoms with Crippen LogP contribution in [0.4, 0.5) is 0 Å². The molecule has 114 valence electrons. The molecule has 0 aromatic heterocycles. The van der Waals surface area contributed by atoms with Crippen LogP contribution in [0.3, 0.4) is 0 Å². The Morgan fingerprint density at radius 2 is 2.19 bits per heavy atom. The molecule has 3 rings (SSSR count). The van der Waals surface area contributed by atoms with Gasteiger partial charge in [-0.2, -0.15) is 0 Å². The number of hydrogen-bond donors (Lipinski definition) is 2. The molecule has 0 saturated heterocycles. The Morgan fingerprint density at radius 3 is 2.86 bits per heavy atom. The van der Waals surface area contributed by atoms with Crippen molar-refractivity contribution in [1.29, 1.82) is 0 Å². The maximum absolute atomic E-state index is 11.7. The highest BCUT2D eigenvalue weighted by Crippen LogP contribution is 2.41. The molecule has 1 unspecified atom stereocenters. The van der Waals surface area contributed by atoms with E-state index in [4.69, 9.17) is 14.2 Å². The second-order valence-electron chi connectivity index (χ2n) is 5.38. The van der Waals surface area contributed by atoms with Crippen LogP contribution in [0.2, 0.25) is 0 Å². The first-order valence-electron chi connectivity index (χ1n) is 7.16. The monoisotopic (exact) mass is 293 g/mol. The summed E-state index contributed by atoms with van der Waals surface area (Å²) >= 11 is 0. The molecule has 2 aliphatic rings. The van der Waals surface area contributed by atoms with Crippen molar-refractivity contribution < 1.29 is 24.1 Å². The first-order chi connectivity index (χ1) is 10.2. The van der Waals surface area contributed by atoms with Crippen molar-refractivity contribution in [2.45, 2.75) is 25.3 Å². The van der Waals surface area contributed by atoms with E-state index in [0.717, 1.165) is 12.8 Å². The number of fused-ring (bicyclic) bond motifs is 1. The topological polar surface area (TPSA) is 77.0 Å². The molecule has 2 N–H and O–H groups in total. The fourth-order valence-electron chi connectivity index (χ4n) is 2.68. The highest BCUT2D eigenvalue weighted by Gasteiger charge is 2.51. The van der Waals surface area contributed by atoms with Crippen molar-refractivity contribution >= 4 is 5.97 Å². The fraction of sp³-hybridized carbons (Fsp3) is 0.533. The smallest absolute Gasteiger partial charge is 0.327 e. The molecule has 6 heteroatoms. The number of likely N-dealkylation sites (N-methyl/N-ethyl adjacent to an activating group) is 1. The van der Waals surface area contributed by atoms with Crippen LogP contribution in [0.1, 0.15) is 19.8 Å². The molecule has 1 fully saturated rings. The summed E-state index contributed by atoms with van der Waals surface area (Å²) in [6.45, 7) is 2.80. The van der Waals surface area contributed by atoms with E-state index in [-0.39, 0.29) is 19.3 Å². The predicted molar refractivity (Wildman–Crippen MR) is 74.8 cm³/mol. The minimum absolute atomic E-state index is 0.0977. The fourth-order valence-corrected chi connectivity index (χ4v) is 2.68. The Balaban J connectivity index is 1.73. The zero-order valence-corrected chi connectivity index (χ0v) is 11.9. The van der Waals surface area contributed by atoms with Crippen LogP contribution in [-0.2, 0) is 4.79 Å². The van der Waals surface area contributed by atoms with E-state index in [1.165, 1.54) is 0 Å². The van der Waals surface area contributed by atoms with Gasteiger partial charge in [0.1, 0.15) is 12.4 Å². The average molecular weight is 293 g/mol. The quantitative estimate of drug-likeness (QED) is 0.796. The number of rotatable bonds is 7. The SMILES string of the molecule is CCNC(COc1ccc2c(c1)OCO2)(C(=O)O)C1CC1. The van der Waals surface area contributed by atoms with Crippen LogP contribution < -0.4 is 19.5 Å². The Labute approximate surface area is 123 Å². The summed E-state index contributed by atoms with van der Waals surface area (Å²) in [7, 11) is 0. The number of benzene rings is 1. The number of carbonyl (C=O) groups is 1. The lowest BCUT2D eigenvalue weighted by Crippen LogP contribution is -2.58. The molecule has 1 aromatic rings. The van der Waals surface area contributed by atoms with Gasteiger partial charge in [-0.3, -0.25) is 10.1 Å². The molecule has 0 bridgehead atoms. The van der Waals surface area contributed by atoms with Crippen molar-refractivity contribution in [3.8, 4) is 17.2 Å². The number of aliphatic carboxylic acids is 1. The molecule has 1 atom stereocenters. The zero-order chi connectivity index (χ0) is 14.9. The van der Waals surface area contributed by atoms with E-state index < -0.39 is 11.5 Å². The van der Waals surface area contributed by atoms with Crippen LogP contribution in [-0.4, -0.2) is 36.6 Å². The molecule has 0 spiro atoms. The molecule has 0 radical (unpaired) electrons. The molecule has 6 nitrogen and oxygen atoms in total. The van der Waals surface area contributed by atoms with Gasteiger partial charge in [0.05, 0.1) is 0 Å². The predicted octanol–water partition coefficient (Wildman–Crippen LogP) is 1.64. The Kier molecular flexibility index (Phi) is 3.63. The van der Waals surface area contributed by atoms with Gasteiger partial charge in [-0.15, -0.1) is 0 Å². The standard InChI is InChI=1S/C15H19NO5/c1-2-16-15(14(17)18,10-3-4-10)8-19-11-5-6-12-13(7-11)21-9-20-12/h5-7,10,16H,2-4,8-9H2,1H3,(H,17,18). The van der Waals surface area contributed by atoms with E-state index in [0.29, 0.717) is 23.8 Å². The molecule has 1 aliphatic heterocycles. The highest BCUT2D eigenvalue weighted by atomic mass is 16.7. The molecule has 1 saturated carbocycles. The van der Waals surface area contributed by atoms with Gasteiger partial charge in [0.2, 0.25) is 6.79 Å². The third-order valence-corrected chi connectivity index (χ3v) is 3.96. The zero-order valence-electron chi connectivity index (χ0n) is 11.9. The summed E-state index contributed by atoms with van der Waals surface area (Å²) in [6.07, 6.45) is 1.84. The lowest BCUT2D eigenvalue weighted by Gasteiger charge is -2.30. The van der Waals surface area contributed by atoms with E-state index in [9.17, 15) is 9.90 Å². The minimum atomic E-state index is -1.01. The maximum atomic E-state index is 11.7. The van der Waals surface area contributed by atoms with Crippen LogP contribution in [0.5, 0.6) is 17.2 Å². The summed E-state index contributed by atoms with van der Waals surface area (Å²) < 4.78 is 16.3.